The number of alkyl halides is 1. The van der Waals surface area contributed by atoms with Crippen molar-refractivity contribution in [2.45, 2.75) is 58.5 Å². The van der Waals surface area contributed by atoms with Gasteiger partial charge < -0.3 is 10.6 Å². The van der Waals surface area contributed by atoms with Crippen LogP contribution < -0.4 is 10.6 Å². The van der Waals surface area contributed by atoms with Gasteiger partial charge in [0.2, 0.25) is 0 Å². The van der Waals surface area contributed by atoms with Crippen molar-refractivity contribution in [3.8, 4) is 0 Å². The van der Waals surface area contributed by atoms with E-state index in [1.807, 2.05) is 0 Å². The number of rotatable bonds is 4. The fourth-order valence-corrected chi connectivity index (χ4v) is 7.16. The minimum absolute atomic E-state index is 0.0569. The van der Waals surface area contributed by atoms with Gasteiger partial charge in [-0.25, -0.2) is 0 Å². The molecule has 1 heterocycles. The Bertz CT molecular complexity index is 830. The van der Waals surface area contributed by atoms with Crippen molar-refractivity contribution >= 4 is 11.6 Å². The van der Waals surface area contributed by atoms with E-state index in [1.165, 1.54) is 5.70 Å². The van der Waals surface area contributed by atoms with Gasteiger partial charge in [0, 0.05) is 28.3 Å². The van der Waals surface area contributed by atoms with Crippen molar-refractivity contribution in [2.75, 3.05) is 0 Å². The summed E-state index contributed by atoms with van der Waals surface area (Å²) < 4.78 is 0. The summed E-state index contributed by atoms with van der Waals surface area (Å²) in [6.45, 7) is 20.1. The van der Waals surface area contributed by atoms with E-state index in [2.05, 4.69) is 95.8 Å². The molecule has 29 heavy (non-hydrogen) atoms. The standard InChI is InChI=1S/C26H37ClN2/c1-9-24(3,4)22-21-19-15(12-11-13-17(19)29-22)25(5,6)16-14-18(27)26(7,10-2)23(28-8)20(16)21/h9-13,16-20,23,29H,1-2,8,14,28H2,3-7H3. The third-order valence-electron chi connectivity index (χ3n) is 8.78. The minimum Gasteiger partial charge on any atom is -0.475 e. The predicted octanol–water partition coefficient (Wildman–Crippen LogP) is 4.74. The van der Waals surface area contributed by atoms with Crippen LogP contribution in [0.15, 0.2) is 60.4 Å². The van der Waals surface area contributed by atoms with Gasteiger partial charge in [-0.2, -0.15) is 7.05 Å². The highest BCUT2D eigenvalue weighted by molar-refractivity contribution is 6.21. The van der Waals surface area contributed by atoms with Gasteiger partial charge >= 0.3 is 0 Å². The van der Waals surface area contributed by atoms with Gasteiger partial charge in [0.15, 0.2) is 0 Å². The van der Waals surface area contributed by atoms with Crippen LogP contribution in [0.4, 0.5) is 0 Å². The van der Waals surface area contributed by atoms with Crippen LogP contribution in [0.1, 0.15) is 41.0 Å². The average molecular weight is 413 g/mol. The quantitative estimate of drug-likeness (QED) is 0.390. The van der Waals surface area contributed by atoms with Crippen molar-refractivity contribution < 1.29 is 5.32 Å². The molecule has 2 saturated carbocycles. The molecule has 3 N–H and O–H groups in total. The van der Waals surface area contributed by atoms with Gasteiger partial charge in [0.25, 0.3) is 0 Å². The highest BCUT2D eigenvalue weighted by Gasteiger charge is 2.63. The van der Waals surface area contributed by atoms with E-state index in [0.29, 0.717) is 23.8 Å². The summed E-state index contributed by atoms with van der Waals surface area (Å²) in [7, 11) is 4.30. The minimum atomic E-state index is -0.166. The van der Waals surface area contributed by atoms with Crippen LogP contribution in [0.25, 0.3) is 0 Å². The lowest BCUT2D eigenvalue weighted by molar-refractivity contribution is -0.658. The molecular weight excluding hydrogens is 376 g/mol. The average Bonchev–Trinajstić information content (AvgIpc) is 3.08. The summed E-state index contributed by atoms with van der Waals surface area (Å²) in [6, 6.07) is 0.591. The van der Waals surface area contributed by atoms with Crippen LogP contribution in [0, 0.1) is 41.0 Å². The van der Waals surface area contributed by atoms with E-state index >= 15 is 0 Å². The second-order valence-electron chi connectivity index (χ2n) is 10.8. The van der Waals surface area contributed by atoms with Crippen molar-refractivity contribution in [3.63, 3.8) is 0 Å². The first-order chi connectivity index (χ1) is 13.5. The Balaban J connectivity index is 2.00. The molecule has 0 bridgehead atoms. The first-order valence-corrected chi connectivity index (χ1v) is 11.4. The van der Waals surface area contributed by atoms with E-state index < -0.39 is 0 Å². The molecule has 0 radical (unpaired) electrons. The molecule has 4 aliphatic rings. The maximum absolute atomic E-state index is 7.07. The summed E-state index contributed by atoms with van der Waals surface area (Å²) in [5.41, 5.74) is 4.30. The van der Waals surface area contributed by atoms with Crippen molar-refractivity contribution in [3.05, 3.63) is 67.4 Å². The number of nitrogens with one attached hydrogen (secondary N) is 1. The molecule has 1 aliphatic heterocycles. The highest BCUT2D eigenvalue weighted by atomic mass is 35.5. The Labute approximate surface area is 182 Å². The van der Waals surface area contributed by atoms with E-state index in [0.717, 1.165) is 6.42 Å². The zero-order valence-electron chi connectivity index (χ0n) is 18.6. The predicted molar refractivity (Wildman–Crippen MR) is 123 cm³/mol. The van der Waals surface area contributed by atoms with Gasteiger partial charge in [0.05, 0.1) is 17.5 Å². The van der Waals surface area contributed by atoms with Gasteiger partial charge in [-0.3, -0.25) is 0 Å². The number of hydrogen-bond donors (Lipinski definition) is 2. The molecule has 7 atom stereocenters. The molecule has 0 aromatic carbocycles. The third-order valence-corrected chi connectivity index (χ3v) is 9.42. The molecule has 7 unspecified atom stereocenters. The Kier molecular flexibility index (Phi) is 4.80. The molecule has 3 aliphatic carbocycles. The zero-order chi connectivity index (χ0) is 21.4. The second kappa shape index (κ2) is 6.62. The Hall–Kier alpha value is -1.25. The molecule has 0 saturated heterocycles. The number of hydrogen-bond acceptors (Lipinski definition) is 1. The fraction of sp³-hybridized carbons (Fsp3) is 0.577. The summed E-state index contributed by atoms with van der Waals surface area (Å²) in [4.78, 5) is 0. The van der Waals surface area contributed by atoms with Crippen molar-refractivity contribution in [2.24, 2.45) is 34.0 Å². The number of nitrogens with two attached hydrogens (primary N) is 1. The number of halogens is 1. The molecular formula is C26H37ClN2. The van der Waals surface area contributed by atoms with Gasteiger partial charge in [-0.1, -0.05) is 63.6 Å². The van der Waals surface area contributed by atoms with Crippen LogP contribution in [-0.2, 0) is 0 Å². The second-order valence-corrected chi connectivity index (χ2v) is 11.3. The van der Waals surface area contributed by atoms with Crippen LogP contribution in [0.2, 0.25) is 0 Å². The van der Waals surface area contributed by atoms with Gasteiger partial charge in [0.1, 0.15) is 0 Å². The number of fused-ring (bicyclic) bond motifs is 2. The maximum Gasteiger partial charge on any atom is 0.0794 e. The highest BCUT2D eigenvalue weighted by Crippen LogP contribution is 2.64. The molecule has 2 nitrogen and oxygen atoms in total. The van der Waals surface area contributed by atoms with Gasteiger partial charge in [-0.05, 0) is 30.3 Å². The first-order valence-electron chi connectivity index (χ1n) is 11.0. The summed E-state index contributed by atoms with van der Waals surface area (Å²) in [5, 5.41) is 6.13. The van der Waals surface area contributed by atoms with Crippen LogP contribution in [0.3, 0.4) is 0 Å². The van der Waals surface area contributed by atoms with E-state index in [1.54, 1.807) is 11.1 Å². The Morgan fingerprint density at radius 2 is 2.00 bits per heavy atom. The molecule has 0 aromatic rings. The first kappa shape index (κ1) is 21.0. The largest absolute Gasteiger partial charge is 0.475 e. The maximum atomic E-state index is 7.07. The number of quaternary nitrogens is 1. The molecule has 4 rings (SSSR count). The van der Waals surface area contributed by atoms with Crippen LogP contribution in [-0.4, -0.2) is 17.5 Å². The normalized spacial score (nSPS) is 42.5. The molecule has 3 heteroatoms. The number of allylic oxidation sites excluding steroid dienone is 3. The molecule has 0 spiro atoms. The van der Waals surface area contributed by atoms with Crippen molar-refractivity contribution in [1.29, 1.82) is 0 Å². The Morgan fingerprint density at radius 1 is 1.31 bits per heavy atom. The van der Waals surface area contributed by atoms with Gasteiger partial charge in [-0.15, -0.1) is 24.8 Å². The zero-order valence-corrected chi connectivity index (χ0v) is 19.4. The van der Waals surface area contributed by atoms with E-state index in [4.69, 9.17) is 11.6 Å². The Morgan fingerprint density at radius 3 is 2.59 bits per heavy atom. The SMILES string of the molecule is C=CC(C)(C)C1=C2C3C(=CC=CC3N1)C(C)(C)C1CC(Cl)C(C)(C=C)C([NH2+][CH2-])C21. The topological polar surface area (TPSA) is 28.6 Å². The van der Waals surface area contributed by atoms with E-state index in [-0.39, 0.29) is 27.7 Å². The lowest BCUT2D eigenvalue weighted by atomic mass is 9.46. The summed E-state index contributed by atoms with van der Waals surface area (Å²) >= 11 is 7.07. The lowest BCUT2D eigenvalue weighted by Gasteiger charge is -2.59. The van der Waals surface area contributed by atoms with E-state index in [9.17, 15) is 0 Å². The smallest absolute Gasteiger partial charge is 0.0794 e. The van der Waals surface area contributed by atoms with Crippen molar-refractivity contribution in [1.82, 2.24) is 5.32 Å². The molecule has 0 amide bonds. The summed E-state index contributed by atoms with van der Waals surface area (Å²) in [6.07, 6.45) is 12.1. The molecule has 0 aromatic heterocycles. The molecule has 158 valence electrons. The monoisotopic (exact) mass is 412 g/mol. The lowest BCUT2D eigenvalue weighted by Crippen LogP contribution is -2.91. The summed E-state index contributed by atoms with van der Waals surface area (Å²) in [5.74, 6) is 1.29. The molecule has 2 fully saturated rings. The van der Waals surface area contributed by atoms with Crippen LogP contribution >= 0.6 is 11.6 Å². The third kappa shape index (κ3) is 2.64. The fourth-order valence-electron chi connectivity index (χ4n) is 6.74. The van der Waals surface area contributed by atoms with Crippen LogP contribution in [0.5, 0.6) is 0 Å².